The minimum absolute atomic E-state index is 0.343. The number of aliphatic imine (C=N–C) groups is 1. The highest BCUT2D eigenvalue weighted by atomic mass is 16.1. The molecule has 0 aromatic heterocycles. The topological polar surface area (TPSA) is 41.5 Å². The van der Waals surface area contributed by atoms with Crippen LogP contribution >= 0.6 is 0 Å². The van der Waals surface area contributed by atoms with Gasteiger partial charge in [0.1, 0.15) is 5.78 Å². The first-order valence-corrected chi connectivity index (χ1v) is 5.65. The number of Topliss-reactive ketones (excluding diaryl/α,β-unsaturated/α-hetero) is 1. The first kappa shape index (κ1) is 12.4. The highest BCUT2D eigenvalue weighted by Gasteiger charge is 2.00. The maximum Gasteiger partial charge on any atom is 0.132 e. The van der Waals surface area contributed by atoms with Gasteiger partial charge in [-0.2, -0.15) is 0 Å². The zero-order chi connectivity index (χ0) is 11.8. The summed E-state index contributed by atoms with van der Waals surface area (Å²) in [6.45, 7) is 4.61. The number of para-hydroxylation sites is 2. The van der Waals surface area contributed by atoms with Crippen LogP contribution in [0.15, 0.2) is 29.3 Å². The van der Waals surface area contributed by atoms with E-state index in [-0.39, 0.29) is 0 Å². The number of hydrogen-bond acceptors (Lipinski definition) is 3. The van der Waals surface area contributed by atoms with Gasteiger partial charge in [0, 0.05) is 19.1 Å². The predicted molar refractivity (Wildman–Crippen MR) is 68.7 cm³/mol. The fourth-order valence-corrected chi connectivity index (χ4v) is 1.29. The van der Waals surface area contributed by atoms with Gasteiger partial charge in [0.2, 0.25) is 0 Å². The van der Waals surface area contributed by atoms with Crippen LogP contribution in [-0.2, 0) is 4.79 Å². The lowest BCUT2D eigenvalue weighted by Gasteiger charge is -2.10. The zero-order valence-electron chi connectivity index (χ0n) is 9.86. The molecule has 1 aliphatic heterocycles. The molecule has 0 bridgehead atoms. The smallest absolute Gasteiger partial charge is 0.132 e. The maximum absolute atomic E-state index is 10.2. The average Bonchev–Trinajstić information content (AvgIpc) is 2.38. The number of anilines is 1. The summed E-state index contributed by atoms with van der Waals surface area (Å²) in [5.74, 6) is 0.343. The van der Waals surface area contributed by atoms with Gasteiger partial charge in [-0.25, -0.2) is 0 Å². The number of nitrogens with one attached hydrogen (secondary N) is 1. The summed E-state index contributed by atoms with van der Waals surface area (Å²) in [6.07, 6.45) is 3.26. The van der Waals surface area contributed by atoms with E-state index >= 15 is 0 Å². The Morgan fingerprint density at radius 3 is 2.56 bits per heavy atom. The summed E-state index contributed by atoms with van der Waals surface area (Å²) < 4.78 is 0. The number of fused-ring (bicyclic) bond motifs is 1. The molecular formula is C13H18N2O. The molecule has 3 nitrogen and oxygen atoms in total. The normalized spacial score (nSPS) is 11.9. The third-order valence-corrected chi connectivity index (χ3v) is 2.31. The minimum atomic E-state index is 0.343. The van der Waals surface area contributed by atoms with Gasteiger partial charge < -0.3 is 5.32 Å². The molecule has 0 saturated heterocycles. The SMILES string of the molecule is C1=Nc2ccccc2NC1.CCC(=O)CC. The Bertz CT molecular complexity index is 366. The van der Waals surface area contributed by atoms with Crippen molar-refractivity contribution in [2.45, 2.75) is 26.7 Å². The molecule has 1 heterocycles. The number of carbonyl (C=O) groups excluding carboxylic acids is 1. The molecule has 0 atom stereocenters. The van der Waals surface area contributed by atoms with Crippen LogP contribution in [0, 0.1) is 0 Å². The van der Waals surface area contributed by atoms with E-state index in [4.69, 9.17) is 0 Å². The summed E-state index contributed by atoms with van der Waals surface area (Å²) in [7, 11) is 0. The molecule has 0 saturated carbocycles. The van der Waals surface area contributed by atoms with Crippen LogP contribution in [0.5, 0.6) is 0 Å². The summed E-state index contributed by atoms with van der Waals surface area (Å²) >= 11 is 0. The summed E-state index contributed by atoms with van der Waals surface area (Å²) in [5, 5.41) is 3.21. The molecule has 1 N–H and O–H groups in total. The first-order valence-electron chi connectivity index (χ1n) is 5.65. The lowest BCUT2D eigenvalue weighted by atomic mass is 10.2. The molecule has 0 fully saturated rings. The van der Waals surface area contributed by atoms with Crippen LogP contribution in [0.4, 0.5) is 11.4 Å². The van der Waals surface area contributed by atoms with Crippen molar-refractivity contribution in [3.8, 4) is 0 Å². The Balaban J connectivity index is 0.000000187. The maximum atomic E-state index is 10.2. The van der Waals surface area contributed by atoms with Gasteiger partial charge in [-0.15, -0.1) is 0 Å². The number of rotatable bonds is 2. The van der Waals surface area contributed by atoms with Gasteiger partial charge in [0.05, 0.1) is 17.9 Å². The molecular weight excluding hydrogens is 200 g/mol. The van der Waals surface area contributed by atoms with Crippen molar-refractivity contribution in [2.75, 3.05) is 11.9 Å². The Morgan fingerprint density at radius 2 is 2.00 bits per heavy atom. The van der Waals surface area contributed by atoms with Gasteiger partial charge in [0.25, 0.3) is 0 Å². The van der Waals surface area contributed by atoms with Gasteiger partial charge in [-0.05, 0) is 12.1 Å². The van der Waals surface area contributed by atoms with E-state index < -0.39 is 0 Å². The summed E-state index contributed by atoms with van der Waals surface area (Å²) in [5.41, 5.74) is 2.17. The van der Waals surface area contributed by atoms with Crippen LogP contribution < -0.4 is 5.32 Å². The number of nitrogens with zero attached hydrogens (tertiary/aromatic N) is 1. The van der Waals surface area contributed by atoms with E-state index in [1.54, 1.807) is 0 Å². The van der Waals surface area contributed by atoms with Crippen LogP contribution in [0.3, 0.4) is 0 Å². The molecule has 0 amide bonds. The van der Waals surface area contributed by atoms with Gasteiger partial charge in [-0.1, -0.05) is 26.0 Å². The van der Waals surface area contributed by atoms with Crippen molar-refractivity contribution < 1.29 is 4.79 Å². The largest absolute Gasteiger partial charge is 0.378 e. The molecule has 2 rings (SSSR count). The zero-order valence-corrected chi connectivity index (χ0v) is 9.86. The number of carbonyl (C=O) groups is 1. The van der Waals surface area contributed by atoms with Crippen molar-refractivity contribution >= 4 is 23.4 Å². The van der Waals surface area contributed by atoms with Crippen LogP contribution in [0.1, 0.15) is 26.7 Å². The predicted octanol–water partition coefficient (Wildman–Crippen LogP) is 3.19. The molecule has 3 heteroatoms. The van der Waals surface area contributed by atoms with Crippen LogP contribution in [0.2, 0.25) is 0 Å². The first-order chi connectivity index (χ1) is 7.77. The Kier molecular flexibility index (Phi) is 5.26. The second-order valence-electron chi connectivity index (χ2n) is 3.46. The van der Waals surface area contributed by atoms with Crippen LogP contribution in [0.25, 0.3) is 0 Å². The molecule has 0 aliphatic carbocycles. The quantitative estimate of drug-likeness (QED) is 0.828. The molecule has 1 aliphatic rings. The third-order valence-electron chi connectivity index (χ3n) is 2.31. The molecule has 1 aromatic carbocycles. The van der Waals surface area contributed by atoms with Gasteiger partial charge in [0.15, 0.2) is 0 Å². The second kappa shape index (κ2) is 6.77. The monoisotopic (exact) mass is 218 g/mol. The lowest BCUT2D eigenvalue weighted by molar-refractivity contribution is -0.118. The Labute approximate surface area is 96.6 Å². The number of ketones is 1. The van der Waals surface area contributed by atoms with Crippen molar-refractivity contribution in [3.05, 3.63) is 24.3 Å². The molecule has 86 valence electrons. The van der Waals surface area contributed by atoms with Gasteiger partial charge in [-0.3, -0.25) is 9.79 Å². The minimum Gasteiger partial charge on any atom is -0.378 e. The third kappa shape index (κ3) is 3.85. The second-order valence-corrected chi connectivity index (χ2v) is 3.46. The fourth-order valence-electron chi connectivity index (χ4n) is 1.29. The highest BCUT2D eigenvalue weighted by molar-refractivity contribution is 5.80. The Hall–Kier alpha value is -1.64. The summed E-state index contributed by atoms with van der Waals surface area (Å²) in [4.78, 5) is 14.4. The van der Waals surface area contributed by atoms with E-state index in [9.17, 15) is 4.79 Å². The fraction of sp³-hybridized carbons (Fsp3) is 0.385. The van der Waals surface area contributed by atoms with Crippen molar-refractivity contribution in [1.29, 1.82) is 0 Å². The van der Waals surface area contributed by atoms with Crippen molar-refractivity contribution in [2.24, 2.45) is 4.99 Å². The van der Waals surface area contributed by atoms with E-state index in [0.29, 0.717) is 18.6 Å². The van der Waals surface area contributed by atoms with E-state index in [0.717, 1.165) is 17.9 Å². The number of benzene rings is 1. The highest BCUT2D eigenvalue weighted by Crippen LogP contribution is 2.24. The molecule has 16 heavy (non-hydrogen) atoms. The van der Waals surface area contributed by atoms with E-state index in [1.807, 2.05) is 44.3 Å². The lowest BCUT2D eigenvalue weighted by Crippen LogP contribution is -2.05. The van der Waals surface area contributed by atoms with Crippen molar-refractivity contribution in [3.63, 3.8) is 0 Å². The molecule has 0 spiro atoms. The van der Waals surface area contributed by atoms with E-state index in [2.05, 4.69) is 10.3 Å². The van der Waals surface area contributed by atoms with E-state index in [1.165, 1.54) is 0 Å². The van der Waals surface area contributed by atoms with Crippen LogP contribution in [-0.4, -0.2) is 18.5 Å². The Morgan fingerprint density at radius 1 is 1.31 bits per heavy atom. The standard InChI is InChI=1S/C8H8N2.C5H10O/c1-2-4-8-7(3-1)9-5-6-10-8;1-3-5(6)4-2/h1-5,10H,6H2;3-4H2,1-2H3. The average molecular weight is 218 g/mol. The number of hydrogen-bond donors (Lipinski definition) is 1. The van der Waals surface area contributed by atoms with Gasteiger partial charge >= 0.3 is 0 Å². The molecule has 0 radical (unpaired) electrons. The summed E-state index contributed by atoms with van der Waals surface area (Å²) in [6, 6.07) is 8.03. The molecule has 1 aromatic rings. The van der Waals surface area contributed by atoms with Crippen molar-refractivity contribution in [1.82, 2.24) is 0 Å². The molecule has 0 unspecified atom stereocenters.